The van der Waals surface area contributed by atoms with E-state index in [0.29, 0.717) is 5.92 Å². The van der Waals surface area contributed by atoms with Crippen molar-refractivity contribution in [1.29, 1.82) is 0 Å². The molecule has 0 spiro atoms. The fraction of sp³-hybridized carbons (Fsp3) is 0.294. The van der Waals surface area contributed by atoms with Gasteiger partial charge in [-0.2, -0.15) is 0 Å². The molecule has 4 aromatic rings. The number of anilines is 2. The van der Waals surface area contributed by atoms with Gasteiger partial charge in [0, 0.05) is 27.9 Å². The topological polar surface area (TPSA) is 3.24 Å². The summed E-state index contributed by atoms with van der Waals surface area (Å²) in [5.41, 5.74) is 12.0. The molecule has 0 aliphatic heterocycles. The Hall–Kier alpha value is -3.32. The number of fused-ring (bicyclic) bond motifs is 3. The van der Waals surface area contributed by atoms with Crippen molar-refractivity contribution in [2.75, 3.05) is 4.90 Å². The first kappa shape index (κ1) is 23.4. The molecule has 35 heavy (non-hydrogen) atoms. The SMILES string of the molecule is CC(C)c1cc2c(cc1N(c1ccccc1-c1ccccc1)C(C)(C)C)-c1ccccc1C2(C)C. The Morgan fingerprint density at radius 1 is 0.629 bits per heavy atom. The van der Waals surface area contributed by atoms with E-state index in [9.17, 15) is 0 Å². The quantitative estimate of drug-likeness (QED) is 0.293. The van der Waals surface area contributed by atoms with Crippen LogP contribution in [-0.2, 0) is 5.41 Å². The maximum absolute atomic E-state index is 2.57. The predicted octanol–water partition coefficient (Wildman–Crippen LogP) is 9.72. The summed E-state index contributed by atoms with van der Waals surface area (Å²) in [5, 5.41) is 0. The molecule has 178 valence electrons. The van der Waals surface area contributed by atoms with Gasteiger partial charge in [-0.15, -0.1) is 0 Å². The van der Waals surface area contributed by atoms with Crippen molar-refractivity contribution in [3.05, 3.63) is 108 Å². The largest absolute Gasteiger partial charge is 0.335 e. The van der Waals surface area contributed by atoms with Crippen LogP contribution < -0.4 is 4.90 Å². The molecular weight excluding hydrogens is 422 g/mol. The van der Waals surface area contributed by atoms with Crippen LogP contribution in [0.1, 0.15) is 71.1 Å². The molecule has 1 aliphatic carbocycles. The van der Waals surface area contributed by atoms with Gasteiger partial charge in [0.2, 0.25) is 0 Å². The number of nitrogens with zero attached hydrogens (tertiary/aromatic N) is 1. The summed E-state index contributed by atoms with van der Waals surface area (Å²) in [6.45, 7) is 16.4. The van der Waals surface area contributed by atoms with Gasteiger partial charge in [0.1, 0.15) is 0 Å². The van der Waals surface area contributed by atoms with Crippen LogP contribution in [0.15, 0.2) is 91.0 Å². The molecule has 1 heteroatoms. The molecule has 0 heterocycles. The Morgan fingerprint density at radius 2 is 1.23 bits per heavy atom. The summed E-state index contributed by atoms with van der Waals surface area (Å²) in [5.74, 6) is 0.406. The van der Waals surface area contributed by atoms with Crippen LogP contribution in [0.4, 0.5) is 11.4 Å². The van der Waals surface area contributed by atoms with Crippen LogP contribution in [0, 0.1) is 0 Å². The summed E-state index contributed by atoms with van der Waals surface area (Å²) in [7, 11) is 0. The minimum Gasteiger partial charge on any atom is -0.335 e. The zero-order valence-electron chi connectivity index (χ0n) is 22.2. The molecule has 0 saturated carbocycles. The predicted molar refractivity (Wildman–Crippen MR) is 152 cm³/mol. The minimum atomic E-state index is -0.115. The summed E-state index contributed by atoms with van der Waals surface area (Å²) in [4.78, 5) is 2.57. The second-order valence-corrected chi connectivity index (χ2v) is 11.7. The second kappa shape index (κ2) is 8.41. The van der Waals surface area contributed by atoms with E-state index in [1.807, 2.05) is 0 Å². The van der Waals surface area contributed by atoms with Gasteiger partial charge < -0.3 is 4.90 Å². The Bertz CT molecular complexity index is 1370. The van der Waals surface area contributed by atoms with E-state index in [4.69, 9.17) is 0 Å². The lowest BCUT2D eigenvalue weighted by Crippen LogP contribution is -2.38. The van der Waals surface area contributed by atoms with E-state index >= 15 is 0 Å². The van der Waals surface area contributed by atoms with Crippen LogP contribution in [-0.4, -0.2) is 5.54 Å². The standard InChI is InChI=1S/C34H37N/c1-23(2)27-21-30-28(26-18-11-13-19-29(26)34(30,6)7)22-32(27)35(33(3,4)5)31-20-14-12-17-25(31)24-15-9-8-10-16-24/h8-23H,1-7H3. The smallest absolute Gasteiger partial charge is 0.0495 e. The van der Waals surface area contributed by atoms with Crippen LogP contribution in [0.25, 0.3) is 22.3 Å². The number of benzene rings is 4. The van der Waals surface area contributed by atoms with Crippen molar-refractivity contribution in [3.63, 3.8) is 0 Å². The maximum Gasteiger partial charge on any atom is 0.0495 e. The molecule has 0 saturated heterocycles. The van der Waals surface area contributed by atoms with Crippen molar-refractivity contribution < 1.29 is 0 Å². The Morgan fingerprint density at radius 3 is 1.89 bits per heavy atom. The molecule has 0 aromatic heterocycles. The monoisotopic (exact) mass is 459 g/mol. The Labute approximate surface area is 211 Å². The summed E-state index contributed by atoms with van der Waals surface area (Å²) in [6, 6.07) is 33.5. The highest BCUT2D eigenvalue weighted by Crippen LogP contribution is 2.53. The van der Waals surface area contributed by atoms with Crippen molar-refractivity contribution in [1.82, 2.24) is 0 Å². The third-order valence-electron chi connectivity index (χ3n) is 7.49. The summed E-state index contributed by atoms with van der Waals surface area (Å²) < 4.78 is 0. The van der Waals surface area contributed by atoms with E-state index < -0.39 is 0 Å². The second-order valence-electron chi connectivity index (χ2n) is 11.7. The van der Waals surface area contributed by atoms with Gasteiger partial charge >= 0.3 is 0 Å². The first-order valence-electron chi connectivity index (χ1n) is 12.8. The molecule has 0 fully saturated rings. The Kier molecular flexibility index (Phi) is 5.63. The highest BCUT2D eigenvalue weighted by Gasteiger charge is 2.38. The highest BCUT2D eigenvalue weighted by molar-refractivity contribution is 5.89. The third-order valence-corrected chi connectivity index (χ3v) is 7.49. The number of hydrogen-bond donors (Lipinski definition) is 0. The highest BCUT2D eigenvalue weighted by atomic mass is 15.2. The van der Waals surface area contributed by atoms with E-state index in [0.717, 1.165) is 0 Å². The maximum atomic E-state index is 2.57. The molecule has 0 amide bonds. The van der Waals surface area contributed by atoms with Crippen LogP contribution in [0.2, 0.25) is 0 Å². The summed E-state index contributed by atoms with van der Waals surface area (Å²) in [6.07, 6.45) is 0. The Balaban J connectivity index is 1.81. The number of para-hydroxylation sites is 1. The average molecular weight is 460 g/mol. The van der Waals surface area contributed by atoms with E-state index in [1.54, 1.807) is 0 Å². The van der Waals surface area contributed by atoms with Crippen molar-refractivity contribution >= 4 is 11.4 Å². The van der Waals surface area contributed by atoms with Crippen molar-refractivity contribution in [3.8, 4) is 22.3 Å². The number of hydrogen-bond acceptors (Lipinski definition) is 1. The molecule has 0 unspecified atom stereocenters. The molecule has 0 atom stereocenters. The molecule has 0 bridgehead atoms. The molecule has 1 nitrogen and oxygen atoms in total. The van der Waals surface area contributed by atoms with E-state index in [1.165, 1.54) is 50.3 Å². The molecule has 0 radical (unpaired) electrons. The van der Waals surface area contributed by atoms with E-state index in [-0.39, 0.29) is 11.0 Å². The fourth-order valence-corrected chi connectivity index (χ4v) is 5.79. The van der Waals surface area contributed by atoms with Gasteiger partial charge in [-0.3, -0.25) is 0 Å². The van der Waals surface area contributed by atoms with E-state index in [2.05, 4.69) is 144 Å². The summed E-state index contributed by atoms with van der Waals surface area (Å²) >= 11 is 0. The minimum absolute atomic E-state index is 0.00258. The van der Waals surface area contributed by atoms with Gasteiger partial charge in [0.15, 0.2) is 0 Å². The first-order valence-corrected chi connectivity index (χ1v) is 12.8. The molecular formula is C34H37N. The van der Waals surface area contributed by atoms with Crippen LogP contribution >= 0.6 is 0 Å². The lowest BCUT2D eigenvalue weighted by Gasteiger charge is -2.41. The molecule has 0 N–H and O–H groups in total. The first-order chi connectivity index (χ1) is 16.6. The van der Waals surface area contributed by atoms with Gasteiger partial charge in [-0.1, -0.05) is 107 Å². The molecule has 5 rings (SSSR count). The van der Waals surface area contributed by atoms with Gasteiger partial charge in [-0.05, 0) is 72.2 Å². The lowest BCUT2D eigenvalue weighted by atomic mass is 9.80. The van der Waals surface area contributed by atoms with Gasteiger partial charge in [0.25, 0.3) is 0 Å². The van der Waals surface area contributed by atoms with Crippen LogP contribution in [0.3, 0.4) is 0 Å². The molecule has 4 aromatic carbocycles. The zero-order chi connectivity index (χ0) is 25.0. The van der Waals surface area contributed by atoms with Crippen LogP contribution in [0.5, 0.6) is 0 Å². The lowest BCUT2D eigenvalue weighted by molar-refractivity contribution is 0.557. The average Bonchev–Trinajstić information content (AvgIpc) is 3.05. The fourth-order valence-electron chi connectivity index (χ4n) is 5.79. The van der Waals surface area contributed by atoms with Gasteiger partial charge in [-0.25, -0.2) is 0 Å². The van der Waals surface area contributed by atoms with Crippen molar-refractivity contribution in [2.45, 2.75) is 65.3 Å². The number of rotatable bonds is 4. The molecule has 1 aliphatic rings. The third kappa shape index (κ3) is 3.88. The van der Waals surface area contributed by atoms with Gasteiger partial charge in [0.05, 0.1) is 0 Å². The zero-order valence-corrected chi connectivity index (χ0v) is 22.2. The van der Waals surface area contributed by atoms with Crippen molar-refractivity contribution in [2.24, 2.45) is 0 Å². The normalized spacial score (nSPS) is 14.1.